The Morgan fingerprint density at radius 1 is 1.73 bits per heavy atom. The topological polar surface area (TPSA) is 46.0 Å². The van der Waals surface area contributed by atoms with Gasteiger partial charge in [-0.25, -0.2) is 9.97 Å². The van der Waals surface area contributed by atoms with Crippen LogP contribution < -0.4 is 0 Å². The molecule has 1 rings (SSSR count). The lowest BCUT2D eigenvalue weighted by molar-refractivity contribution is 0.220. The van der Waals surface area contributed by atoms with Gasteiger partial charge in [-0.05, 0) is 13.0 Å². The Labute approximate surface area is 69.9 Å². The Morgan fingerprint density at radius 2 is 2.55 bits per heavy atom. The van der Waals surface area contributed by atoms with Gasteiger partial charge < -0.3 is 5.11 Å². The van der Waals surface area contributed by atoms with Crippen molar-refractivity contribution in [2.24, 2.45) is 0 Å². The number of nitrogens with zero attached hydrogens (tertiary/aromatic N) is 2. The molecule has 0 unspecified atom stereocenters. The van der Waals surface area contributed by atoms with Crippen molar-refractivity contribution in [2.45, 2.75) is 18.1 Å². The Balaban J connectivity index is 2.39. The summed E-state index contributed by atoms with van der Waals surface area (Å²) in [5, 5.41) is 9.85. The first-order valence-corrected chi connectivity index (χ1v) is 4.34. The van der Waals surface area contributed by atoms with E-state index >= 15 is 0 Å². The van der Waals surface area contributed by atoms with E-state index in [1.54, 1.807) is 13.1 Å². The zero-order valence-corrected chi connectivity index (χ0v) is 7.08. The van der Waals surface area contributed by atoms with Gasteiger partial charge >= 0.3 is 0 Å². The Bertz CT molecular complexity index is 203. The highest BCUT2D eigenvalue weighted by Gasteiger charge is 1.97. The van der Waals surface area contributed by atoms with Crippen LogP contribution >= 0.6 is 11.8 Å². The number of aliphatic hydroxyl groups excluding tert-OH is 1. The van der Waals surface area contributed by atoms with E-state index in [4.69, 9.17) is 5.11 Å². The van der Waals surface area contributed by atoms with E-state index in [1.807, 2.05) is 6.07 Å². The third-order valence-electron chi connectivity index (χ3n) is 1.03. The third-order valence-corrected chi connectivity index (χ3v) is 2.21. The van der Waals surface area contributed by atoms with Crippen molar-refractivity contribution in [1.82, 2.24) is 9.97 Å². The van der Waals surface area contributed by atoms with Crippen LogP contribution in [0.1, 0.15) is 6.92 Å². The normalized spacial score (nSPS) is 12.9. The van der Waals surface area contributed by atoms with Crippen molar-refractivity contribution in [1.29, 1.82) is 0 Å². The maximum absolute atomic E-state index is 8.95. The van der Waals surface area contributed by atoms with Crippen molar-refractivity contribution in [3.63, 3.8) is 0 Å². The van der Waals surface area contributed by atoms with Crippen LogP contribution in [-0.4, -0.2) is 26.9 Å². The summed E-state index contributed by atoms with van der Waals surface area (Å²) >= 11 is 1.53. The summed E-state index contributed by atoms with van der Waals surface area (Å²) in [7, 11) is 0. The molecule has 1 aromatic heterocycles. The molecule has 0 amide bonds. The maximum Gasteiger partial charge on any atom is 0.116 e. The highest BCUT2D eigenvalue weighted by Crippen LogP contribution is 2.13. The van der Waals surface area contributed by atoms with Crippen LogP contribution in [0.5, 0.6) is 0 Å². The summed E-state index contributed by atoms with van der Waals surface area (Å²) in [6.07, 6.45) is 2.91. The smallest absolute Gasteiger partial charge is 0.116 e. The van der Waals surface area contributed by atoms with Crippen molar-refractivity contribution >= 4 is 11.8 Å². The summed E-state index contributed by atoms with van der Waals surface area (Å²) in [4.78, 5) is 7.78. The molecular weight excluding hydrogens is 160 g/mol. The fourth-order valence-electron chi connectivity index (χ4n) is 0.570. The maximum atomic E-state index is 8.95. The van der Waals surface area contributed by atoms with Crippen molar-refractivity contribution in [3.8, 4) is 0 Å². The van der Waals surface area contributed by atoms with Crippen LogP contribution in [-0.2, 0) is 0 Å². The van der Waals surface area contributed by atoms with Crippen LogP contribution in [0.15, 0.2) is 23.6 Å². The molecule has 0 bridgehead atoms. The Morgan fingerprint density at radius 3 is 3.09 bits per heavy atom. The molecule has 0 radical (unpaired) electrons. The van der Waals surface area contributed by atoms with Crippen molar-refractivity contribution < 1.29 is 5.11 Å². The molecule has 0 aliphatic carbocycles. The first-order valence-electron chi connectivity index (χ1n) is 3.36. The molecule has 0 saturated heterocycles. The molecule has 1 atom stereocenters. The van der Waals surface area contributed by atoms with E-state index in [-0.39, 0.29) is 6.10 Å². The second-order valence-electron chi connectivity index (χ2n) is 2.21. The summed E-state index contributed by atoms with van der Waals surface area (Å²) in [5.74, 6) is 0.678. The lowest BCUT2D eigenvalue weighted by Crippen LogP contribution is -2.02. The summed E-state index contributed by atoms with van der Waals surface area (Å²) in [6, 6.07) is 1.83. The van der Waals surface area contributed by atoms with Gasteiger partial charge in [0, 0.05) is 11.9 Å². The van der Waals surface area contributed by atoms with E-state index in [2.05, 4.69) is 9.97 Å². The molecule has 3 nitrogen and oxygen atoms in total. The molecule has 0 saturated carbocycles. The van der Waals surface area contributed by atoms with E-state index in [0.29, 0.717) is 5.75 Å². The predicted molar refractivity (Wildman–Crippen MR) is 44.4 cm³/mol. The van der Waals surface area contributed by atoms with E-state index in [1.165, 1.54) is 18.1 Å². The second-order valence-corrected chi connectivity index (χ2v) is 3.25. The SMILES string of the molecule is C[C@@H](O)CSc1ccncn1. The molecule has 0 aliphatic rings. The zero-order valence-electron chi connectivity index (χ0n) is 6.27. The first-order chi connectivity index (χ1) is 5.29. The average molecular weight is 170 g/mol. The zero-order chi connectivity index (χ0) is 8.10. The minimum atomic E-state index is -0.282. The number of thioether (sulfide) groups is 1. The fourth-order valence-corrected chi connectivity index (χ4v) is 1.26. The highest BCUT2D eigenvalue weighted by molar-refractivity contribution is 7.99. The number of hydrogen-bond acceptors (Lipinski definition) is 4. The lowest BCUT2D eigenvalue weighted by Gasteiger charge is -2.01. The van der Waals surface area contributed by atoms with E-state index in [0.717, 1.165) is 5.03 Å². The minimum Gasteiger partial charge on any atom is -0.393 e. The largest absolute Gasteiger partial charge is 0.393 e. The van der Waals surface area contributed by atoms with Gasteiger partial charge in [0.2, 0.25) is 0 Å². The lowest BCUT2D eigenvalue weighted by atomic mass is 10.5. The van der Waals surface area contributed by atoms with Crippen LogP contribution in [0.3, 0.4) is 0 Å². The molecule has 1 heterocycles. The molecule has 4 heteroatoms. The quantitative estimate of drug-likeness (QED) is 0.542. The van der Waals surface area contributed by atoms with Crippen molar-refractivity contribution in [3.05, 3.63) is 18.6 Å². The number of aliphatic hydroxyl groups is 1. The Kier molecular flexibility index (Phi) is 3.32. The molecule has 1 aromatic rings. The van der Waals surface area contributed by atoms with Crippen LogP contribution in [0.2, 0.25) is 0 Å². The molecular formula is C7H10N2OS. The van der Waals surface area contributed by atoms with Gasteiger partial charge in [0.15, 0.2) is 0 Å². The molecule has 60 valence electrons. The molecule has 0 fully saturated rings. The summed E-state index contributed by atoms with van der Waals surface area (Å²) in [5.41, 5.74) is 0. The highest BCUT2D eigenvalue weighted by atomic mass is 32.2. The molecule has 0 aromatic carbocycles. The molecule has 0 aliphatic heterocycles. The standard InChI is InChI=1S/C7H10N2OS/c1-6(10)4-11-7-2-3-8-5-9-7/h2-3,5-6,10H,4H2,1H3/t6-/m1/s1. The van der Waals surface area contributed by atoms with E-state index < -0.39 is 0 Å². The van der Waals surface area contributed by atoms with Gasteiger partial charge in [0.25, 0.3) is 0 Å². The first kappa shape index (κ1) is 8.49. The average Bonchev–Trinajstić information content (AvgIpc) is 2.03. The van der Waals surface area contributed by atoms with Crippen LogP contribution in [0.4, 0.5) is 0 Å². The van der Waals surface area contributed by atoms with Gasteiger partial charge in [-0.3, -0.25) is 0 Å². The van der Waals surface area contributed by atoms with Gasteiger partial charge in [-0.2, -0.15) is 0 Å². The minimum absolute atomic E-state index is 0.282. The monoisotopic (exact) mass is 170 g/mol. The molecule has 11 heavy (non-hydrogen) atoms. The Hall–Kier alpha value is -0.610. The van der Waals surface area contributed by atoms with Crippen molar-refractivity contribution in [2.75, 3.05) is 5.75 Å². The summed E-state index contributed by atoms with van der Waals surface area (Å²) < 4.78 is 0. The number of hydrogen-bond donors (Lipinski definition) is 1. The predicted octanol–water partition coefficient (Wildman–Crippen LogP) is 0.950. The molecule has 1 N–H and O–H groups in total. The fraction of sp³-hybridized carbons (Fsp3) is 0.429. The molecule has 0 spiro atoms. The number of rotatable bonds is 3. The van der Waals surface area contributed by atoms with Crippen LogP contribution in [0.25, 0.3) is 0 Å². The van der Waals surface area contributed by atoms with Crippen LogP contribution in [0, 0.1) is 0 Å². The summed E-state index contributed by atoms with van der Waals surface area (Å²) in [6.45, 7) is 1.76. The third kappa shape index (κ3) is 3.34. The van der Waals surface area contributed by atoms with Gasteiger partial charge in [-0.15, -0.1) is 11.8 Å². The second kappa shape index (κ2) is 4.31. The van der Waals surface area contributed by atoms with Gasteiger partial charge in [0.05, 0.1) is 11.1 Å². The number of aromatic nitrogens is 2. The van der Waals surface area contributed by atoms with Gasteiger partial charge in [0.1, 0.15) is 6.33 Å². The van der Waals surface area contributed by atoms with E-state index in [9.17, 15) is 0 Å². The van der Waals surface area contributed by atoms with Gasteiger partial charge in [-0.1, -0.05) is 0 Å².